The molecule has 0 aromatic rings. The normalized spacial score (nSPS) is 14.4. The van der Waals surface area contributed by atoms with Crippen LogP contribution in [-0.2, 0) is 4.74 Å². The number of methoxy groups -OCH3 is 1. The van der Waals surface area contributed by atoms with Crippen molar-refractivity contribution in [1.82, 2.24) is 5.32 Å². The van der Waals surface area contributed by atoms with Crippen LogP contribution in [0, 0.1) is 5.92 Å². The minimum Gasteiger partial charge on any atom is -0.384 e. The Kier molecular flexibility index (Phi) is 9.00. The molecule has 1 atom stereocenters. The molecule has 0 heterocycles. The molecule has 0 aliphatic heterocycles. The molecule has 1 N–H and O–H groups in total. The lowest BCUT2D eigenvalue weighted by Crippen LogP contribution is -2.18. The summed E-state index contributed by atoms with van der Waals surface area (Å²) in [5.74, 6) is 0.526. The summed E-state index contributed by atoms with van der Waals surface area (Å²) in [6.45, 7) is 9.54. The lowest BCUT2D eigenvalue weighted by atomic mass is 10.1. The number of nitrogens with one attached hydrogen (secondary N) is 1. The second kappa shape index (κ2) is 9.22. The fourth-order valence-corrected chi connectivity index (χ4v) is 1.44. The number of rotatable bonds is 8. The monoisotopic (exact) mass is 199 g/mol. The molecule has 0 spiro atoms. The first-order valence-electron chi connectivity index (χ1n) is 5.63. The van der Waals surface area contributed by atoms with Crippen LogP contribution in [0.1, 0.15) is 33.6 Å². The average Bonchev–Trinajstić information content (AvgIpc) is 2.17. The second-order valence-corrected chi connectivity index (χ2v) is 3.79. The zero-order valence-corrected chi connectivity index (χ0v) is 10.1. The molecule has 0 aromatic carbocycles. The topological polar surface area (TPSA) is 21.3 Å². The summed E-state index contributed by atoms with van der Waals surface area (Å²) in [7, 11) is 1.76. The lowest BCUT2D eigenvalue weighted by molar-refractivity contribution is 0.175. The minimum atomic E-state index is 0.526. The Bertz CT molecular complexity index is 154. The molecule has 1 unspecified atom stereocenters. The van der Waals surface area contributed by atoms with Gasteiger partial charge in [-0.25, -0.2) is 0 Å². The van der Waals surface area contributed by atoms with Crippen molar-refractivity contribution in [2.75, 3.05) is 26.8 Å². The molecule has 84 valence electrons. The van der Waals surface area contributed by atoms with Crippen LogP contribution in [0.25, 0.3) is 0 Å². The van der Waals surface area contributed by atoms with E-state index in [1.807, 2.05) is 0 Å². The van der Waals surface area contributed by atoms with Gasteiger partial charge >= 0.3 is 0 Å². The predicted molar refractivity (Wildman–Crippen MR) is 62.6 cm³/mol. The van der Waals surface area contributed by atoms with Gasteiger partial charge in [-0.05, 0) is 25.3 Å². The molecule has 14 heavy (non-hydrogen) atoms. The van der Waals surface area contributed by atoms with Crippen LogP contribution in [0.3, 0.4) is 0 Å². The average molecular weight is 199 g/mol. The third-order valence-electron chi connectivity index (χ3n) is 2.18. The van der Waals surface area contributed by atoms with Crippen molar-refractivity contribution in [1.29, 1.82) is 0 Å². The van der Waals surface area contributed by atoms with E-state index in [0.717, 1.165) is 26.1 Å². The molecule has 0 rings (SSSR count). The van der Waals surface area contributed by atoms with Crippen molar-refractivity contribution in [2.24, 2.45) is 5.92 Å². The van der Waals surface area contributed by atoms with Gasteiger partial charge in [0.05, 0.1) is 6.61 Å². The summed E-state index contributed by atoms with van der Waals surface area (Å²) in [5, 5.41) is 3.42. The molecular weight excluding hydrogens is 174 g/mol. The van der Waals surface area contributed by atoms with Crippen LogP contribution in [-0.4, -0.2) is 26.8 Å². The summed E-state index contributed by atoms with van der Waals surface area (Å²) in [6, 6.07) is 0. The number of ether oxygens (including phenoxy) is 1. The van der Waals surface area contributed by atoms with E-state index in [2.05, 4.69) is 32.2 Å². The van der Waals surface area contributed by atoms with Crippen LogP contribution < -0.4 is 5.32 Å². The van der Waals surface area contributed by atoms with E-state index in [9.17, 15) is 0 Å². The number of hydrogen-bond acceptors (Lipinski definition) is 2. The fraction of sp³-hybridized carbons (Fsp3) is 0.833. The van der Waals surface area contributed by atoms with Crippen molar-refractivity contribution in [2.45, 2.75) is 33.6 Å². The van der Waals surface area contributed by atoms with Crippen molar-refractivity contribution >= 4 is 0 Å². The molecule has 0 amide bonds. The van der Waals surface area contributed by atoms with Crippen LogP contribution in [0.5, 0.6) is 0 Å². The second-order valence-electron chi connectivity index (χ2n) is 3.79. The highest BCUT2D eigenvalue weighted by molar-refractivity contribution is 5.05. The SMILES string of the molecule is CCCNCC(=CC(C)COC)CC. The van der Waals surface area contributed by atoms with Crippen LogP contribution in [0.2, 0.25) is 0 Å². The maximum atomic E-state index is 5.11. The van der Waals surface area contributed by atoms with Crippen LogP contribution >= 0.6 is 0 Å². The van der Waals surface area contributed by atoms with Gasteiger partial charge in [-0.2, -0.15) is 0 Å². The molecule has 0 aliphatic rings. The molecule has 0 aliphatic carbocycles. The van der Waals surface area contributed by atoms with E-state index in [-0.39, 0.29) is 0 Å². The lowest BCUT2D eigenvalue weighted by Gasteiger charge is -2.10. The summed E-state index contributed by atoms with van der Waals surface area (Å²) in [5.41, 5.74) is 1.49. The predicted octanol–water partition coefficient (Wildman–Crippen LogP) is 2.60. The molecule has 2 nitrogen and oxygen atoms in total. The fourth-order valence-electron chi connectivity index (χ4n) is 1.44. The summed E-state index contributed by atoms with van der Waals surface area (Å²) in [6.07, 6.45) is 4.65. The van der Waals surface area contributed by atoms with Gasteiger partial charge in [0.25, 0.3) is 0 Å². The Morgan fingerprint density at radius 2 is 2.14 bits per heavy atom. The van der Waals surface area contributed by atoms with Gasteiger partial charge in [-0.1, -0.05) is 32.4 Å². The summed E-state index contributed by atoms with van der Waals surface area (Å²) >= 11 is 0. The standard InChI is InChI=1S/C12H25NO/c1-5-7-13-9-12(6-2)8-11(3)10-14-4/h8,11,13H,5-7,9-10H2,1-4H3. The Labute approximate surface area is 88.7 Å². The van der Waals surface area contributed by atoms with Gasteiger partial charge in [0.2, 0.25) is 0 Å². The van der Waals surface area contributed by atoms with Gasteiger partial charge in [0.15, 0.2) is 0 Å². The van der Waals surface area contributed by atoms with Crippen molar-refractivity contribution in [3.8, 4) is 0 Å². The van der Waals surface area contributed by atoms with E-state index in [0.29, 0.717) is 5.92 Å². The van der Waals surface area contributed by atoms with Gasteiger partial charge < -0.3 is 10.1 Å². The highest BCUT2D eigenvalue weighted by Gasteiger charge is 1.99. The van der Waals surface area contributed by atoms with E-state index >= 15 is 0 Å². The van der Waals surface area contributed by atoms with Crippen LogP contribution in [0.15, 0.2) is 11.6 Å². The van der Waals surface area contributed by atoms with Gasteiger partial charge in [0, 0.05) is 13.7 Å². The molecule has 0 saturated carbocycles. The zero-order chi connectivity index (χ0) is 10.8. The maximum absolute atomic E-state index is 5.11. The molecule has 0 fully saturated rings. The molecule has 0 radical (unpaired) electrons. The first kappa shape index (κ1) is 13.7. The number of hydrogen-bond donors (Lipinski definition) is 1. The van der Waals surface area contributed by atoms with E-state index in [4.69, 9.17) is 4.74 Å². The van der Waals surface area contributed by atoms with Gasteiger partial charge in [-0.3, -0.25) is 0 Å². The minimum absolute atomic E-state index is 0.526. The maximum Gasteiger partial charge on any atom is 0.0522 e. The molecule has 0 aromatic heterocycles. The van der Waals surface area contributed by atoms with Crippen molar-refractivity contribution in [3.63, 3.8) is 0 Å². The molecule has 0 saturated heterocycles. The van der Waals surface area contributed by atoms with E-state index in [1.165, 1.54) is 12.0 Å². The van der Waals surface area contributed by atoms with Gasteiger partial charge in [0.1, 0.15) is 0 Å². The Hall–Kier alpha value is -0.340. The molecule has 2 heteroatoms. The Morgan fingerprint density at radius 3 is 2.64 bits per heavy atom. The third kappa shape index (κ3) is 7.10. The van der Waals surface area contributed by atoms with E-state index in [1.54, 1.807) is 7.11 Å². The highest BCUT2D eigenvalue weighted by atomic mass is 16.5. The molecular formula is C12H25NO. The zero-order valence-electron chi connectivity index (χ0n) is 10.1. The summed E-state index contributed by atoms with van der Waals surface area (Å²) in [4.78, 5) is 0. The first-order valence-corrected chi connectivity index (χ1v) is 5.63. The van der Waals surface area contributed by atoms with Crippen molar-refractivity contribution in [3.05, 3.63) is 11.6 Å². The Morgan fingerprint density at radius 1 is 1.43 bits per heavy atom. The highest BCUT2D eigenvalue weighted by Crippen LogP contribution is 2.06. The van der Waals surface area contributed by atoms with Crippen molar-refractivity contribution < 1.29 is 4.74 Å². The Balaban J connectivity index is 3.84. The first-order chi connectivity index (χ1) is 6.74. The van der Waals surface area contributed by atoms with Crippen LogP contribution in [0.4, 0.5) is 0 Å². The largest absolute Gasteiger partial charge is 0.384 e. The van der Waals surface area contributed by atoms with E-state index < -0.39 is 0 Å². The summed E-state index contributed by atoms with van der Waals surface area (Å²) < 4.78 is 5.11. The molecule has 0 bridgehead atoms. The smallest absolute Gasteiger partial charge is 0.0522 e. The third-order valence-corrected chi connectivity index (χ3v) is 2.18. The quantitative estimate of drug-likeness (QED) is 0.479. The van der Waals surface area contributed by atoms with Gasteiger partial charge in [-0.15, -0.1) is 0 Å².